The van der Waals surface area contributed by atoms with E-state index in [1.165, 1.54) is 25.3 Å². The number of methoxy groups -OCH3 is 1. The van der Waals surface area contributed by atoms with E-state index in [1.54, 1.807) is 25.1 Å². The van der Waals surface area contributed by atoms with E-state index in [0.717, 1.165) is 11.1 Å². The fourth-order valence-electron chi connectivity index (χ4n) is 1.84. The van der Waals surface area contributed by atoms with Crippen molar-refractivity contribution in [1.82, 2.24) is 0 Å². The molecule has 112 valence electrons. The van der Waals surface area contributed by atoms with Crippen molar-refractivity contribution >= 4 is 15.8 Å². The molecule has 5 nitrogen and oxygen atoms in total. The summed E-state index contributed by atoms with van der Waals surface area (Å²) in [5, 5.41) is 0. The highest BCUT2D eigenvalue weighted by Gasteiger charge is 2.19. The maximum absolute atomic E-state index is 12.2. The Morgan fingerprint density at radius 3 is 2.19 bits per heavy atom. The summed E-state index contributed by atoms with van der Waals surface area (Å²) in [7, 11) is -2.39. The third-order valence-electron chi connectivity index (χ3n) is 3.04. The molecule has 0 spiro atoms. The SMILES string of the molecule is COc1cc(N)c(OS(=O)(=O)c2ccc(C)cc2)cc1C. The van der Waals surface area contributed by atoms with Gasteiger partial charge in [-0.1, -0.05) is 17.7 Å². The summed E-state index contributed by atoms with van der Waals surface area (Å²) in [6.45, 7) is 3.66. The molecule has 0 saturated carbocycles. The third-order valence-corrected chi connectivity index (χ3v) is 4.28. The molecule has 0 unspecified atom stereocenters. The summed E-state index contributed by atoms with van der Waals surface area (Å²) in [5.41, 5.74) is 7.71. The summed E-state index contributed by atoms with van der Waals surface area (Å²) in [6.07, 6.45) is 0. The molecule has 2 N–H and O–H groups in total. The molecule has 0 aliphatic carbocycles. The Balaban J connectivity index is 2.37. The molecule has 0 aliphatic rings. The molecule has 2 aromatic carbocycles. The second kappa shape index (κ2) is 5.65. The predicted octanol–water partition coefficient (Wildman–Crippen LogP) is 2.66. The average Bonchev–Trinajstić information content (AvgIpc) is 2.42. The first kappa shape index (κ1) is 15.2. The van der Waals surface area contributed by atoms with E-state index in [0.29, 0.717) is 5.75 Å². The lowest BCUT2D eigenvalue weighted by atomic mass is 10.2. The Morgan fingerprint density at radius 1 is 1.00 bits per heavy atom. The van der Waals surface area contributed by atoms with Crippen molar-refractivity contribution in [2.75, 3.05) is 12.8 Å². The lowest BCUT2D eigenvalue weighted by molar-refractivity contribution is 0.411. The molecule has 0 heterocycles. The Hall–Kier alpha value is -2.21. The minimum atomic E-state index is -3.91. The normalized spacial score (nSPS) is 11.2. The number of ether oxygens (including phenoxy) is 1. The predicted molar refractivity (Wildman–Crippen MR) is 81.1 cm³/mol. The smallest absolute Gasteiger partial charge is 0.339 e. The van der Waals surface area contributed by atoms with Crippen LogP contribution in [0.3, 0.4) is 0 Å². The molecule has 21 heavy (non-hydrogen) atoms. The first-order valence-electron chi connectivity index (χ1n) is 6.29. The van der Waals surface area contributed by atoms with Gasteiger partial charge in [-0.2, -0.15) is 8.42 Å². The van der Waals surface area contributed by atoms with Gasteiger partial charge in [-0.25, -0.2) is 0 Å². The Morgan fingerprint density at radius 2 is 1.62 bits per heavy atom. The monoisotopic (exact) mass is 307 g/mol. The fourth-order valence-corrected chi connectivity index (χ4v) is 2.79. The molecular formula is C15H17NO4S. The molecule has 0 aromatic heterocycles. The summed E-state index contributed by atoms with van der Waals surface area (Å²) in [5.74, 6) is 0.668. The molecule has 0 saturated heterocycles. The van der Waals surface area contributed by atoms with Crippen LogP contribution >= 0.6 is 0 Å². The van der Waals surface area contributed by atoms with Crippen molar-refractivity contribution in [2.24, 2.45) is 0 Å². The van der Waals surface area contributed by atoms with Crippen LogP contribution in [0.1, 0.15) is 11.1 Å². The Bertz CT molecular complexity index is 752. The largest absolute Gasteiger partial charge is 0.496 e. The number of aryl methyl sites for hydroxylation is 2. The van der Waals surface area contributed by atoms with E-state index in [1.807, 2.05) is 6.92 Å². The van der Waals surface area contributed by atoms with Gasteiger partial charge in [-0.15, -0.1) is 0 Å². The second-order valence-electron chi connectivity index (χ2n) is 4.71. The lowest BCUT2D eigenvalue weighted by Gasteiger charge is -2.12. The number of rotatable bonds is 4. The van der Waals surface area contributed by atoms with Gasteiger partial charge in [-0.3, -0.25) is 0 Å². The minimum Gasteiger partial charge on any atom is -0.496 e. The first-order chi connectivity index (χ1) is 9.83. The number of hydrogen-bond donors (Lipinski definition) is 1. The molecule has 2 rings (SSSR count). The van der Waals surface area contributed by atoms with E-state index >= 15 is 0 Å². The number of anilines is 1. The van der Waals surface area contributed by atoms with Crippen LogP contribution in [0, 0.1) is 13.8 Å². The Kier molecular flexibility index (Phi) is 4.09. The third kappa shape index (κ3) is 3.28. The molecule has 0 radical (unpaired) electrons. The molecule has 0 amide bonds. The van der Waals surface area contributed by atoms with Crippen molar-refractivity contribution in [3.8, 4) is 11.5 Å². The summed E-state index contributed by atoms with van der Waals surface area (Å²) >= 11 is 0. The molecule has 0 atom stereocenters. The number of nitrogens with two attached hydrogens (primary N) is 1. The van der Waals surface area contributed by atoms with Crippen molar-refractivity contribution in [2.45, 2.75) is 18.7 Å². The maximum atomic E-state index is 12.2. The van der Waals surface area contributed by atoms with Gasteiger partial charge in [0.15, 0.2) is 5.75 Å². The topological polar surface area (TPSA) is 78.6 Å². The number of nitrogen functional groups attached to an aromatic ring is 1. The molecule has 6 heteroatoms. The van der Waals surface area contributed by atoms with E-state index in [-0.39, 0.29) is 16.3 Å². The average molecular weight is 307 g/mol. The van der Waals surface area contributed by atoms with E-state index in [9.17, 15) is 8.42 Å². The van der Waals surface area contributed by atoms with Crippen LogP contribution in [0.25, 0.3) is 0 Å². The van der Waals surface area contributed by atoms with E-state index in [2.05, 4.69) is 0 Å². The van der Waals surface area contributed by atoms with Crippen LogP contribution in [0.2, 0.25) is 0 Å². The second-order valence-corrected chi connectivity index (χ2v) is 6.26. The van der Waals surface area contributed by atoms with Crippen LogP contribution < -0.4 is 14.7 Å². The van der Waals surface area contributed by atoms with E-state index < -0.39 is 10.1 Å². The Labute approximate surface area is 124 Å². The molecule has 0 bridgehead atoms. The van der Waals surface area contributed by atoms with Crippen LogP contribution in [0.5, 0.6) is 11.5 Å². The van der Waals surface area contributed by atoms with Gasteiger partial charge in [0.25, 0.3) is 0 Å². The van der Waals surface area contributed by atoms with Crippen LogP contribution in [-0.4, -0.2) is 15.5 Å². The van der Waals surface area contributed by atoms with Gasteiger partial charge >= 0.3 is 10.1 Å². The first-order valence-corrected chi connectivity index (χ1v) is 7.69. The van der Waals surface area contributed by atoms with Crippen molar-refractivity contribution in [1.29, 1.82) is 0 Å². The summed E-state index contributed by atoms with van der Waals surface area (Å²) in [4.78, 5) is 0.0842. The highest BCUT2D eigenvalue weighted by Crippen LogP contribution is 2.32. The van der Waals surface area contributed by atoms with Crippen molar-refractivity contribution in [3.05, 3.63) is 47.5 Å². The van der Waals surface area contributed by atoms with Gasteiger partial charge in [0.1, 0.15) is 10.6 Å². The number of hydrogen-bond acceptors (Lipinski definition) is 5. The molecule has 0 fully saturated rings. The standard InChI is InChI=1S/C15H17NO4S/c1-10-4-6-12(7-5-10)21(17,18)20-15-8-11(2)14(19-3)9-13(15)16/h4-9H,16H2,1-3H3. The highest BCUT2D eigenvalue weighted by atomic mass is 32.2. The quantitative estimate of drug-likeness (QED) is 0.694. The van der Waals surface area contributed by atoms with Crippen LogP contribution in [0.4, 0.5) is 5.69 Å². The molecule has 0 aliphatic heterocycles. The van der Waals surface area contributed by atoms with Crippen LogP contribution in [0.15, 0.2) is 41.3 Å². The fraction of sp³-hybridized carbons (Fsp3) is 0.200. The van der Waals surface area contributed by atoms with Gasteiger partial charge in [-0.05, 0) is 37.6 Å². The van der Waals surface area contributed by atoms with Gasteiger partial charge in [0, 0.05) is 6.07 Å². The zero-order chi connectivity index (χ0) is 15.6. The van der Waals surface area contributed by atoms with Gasteiger partial charge < -0.3 is 14.7 Å². The molecular weight excluding hydrogens is 290 g/mol. The van der Waals surface area contributed by atoms with Gasteiger partial charge in [0.2, 0.25) is 0 Å². The van der Waals surface area contributed by atoms with Crippen molar-refractivity contribution < 1.29 is 17.3 Å². The number of benzene rings is 2. The highest BCUT2D eigenvalue weighted by molar-refractivity contribution is 7.87. The van der Waals surface area contributed by atoms with Crippen LogP contribution in [-0.2, 0) is 10.1 Å². The zero-order valence-corrected chi connectivity index (χ0v) is 12.9. The minimum absolute atomic E-state index is 0.0842. The van der Waals surface area contributed by atoms with Gasteiger partial charge in [0.05, 0.1) is 12.8 Å². The van der Waals surface area contributed by atoms with E-state index in [4.69, 9.17) is 14.7 Å². The zero-order valence-electron chi connectivity index (χ0n) is 12.1. The summed E-state index contributed by atoms with van der Waals surface area (Å²) in [6, 6.07) is 9.49. The maximum Gasteiger partial charge on any atom is 0.339 e. The summed E-state index contributed by atoms with van der Waals surface area (Å²) < 4.78 is 34.7. The lowest BCUT2D eigenvalue weighted by Crippen LogP contribution is -2.11. The van der Waals surface area contributed by atoms with Crippen molar-refractivity contribution in [3.63, 3.8) is 0 Å². The molecule has 2 aromatic rings.